The Kier molecular flexibility index (Phi) is 6.60. The number of aromatic nitrogens is 1. The molecule has 1 unspecified atom stereocenters. The van der Waals surface area contributed by atoms with Crippen molar-refractivity contribution < 1.29 is 9.47 Å². The van der Waals surface area contributed by atoms with Crippen LogP contribution in [0.3, 0.4) is 0 Å². The molecule has 0 aliphatic carbocycles. The summed E-state index contributed by atoms with van der Waals surface area (Å²) in [6, 6.07) is 8.64. The lowest BCUT2D eigenvalue weighted by Crippen LogP contribution is -2.23. The quantitative estimate of drug-likeness (QED) is 0.721. The van der Waals surface area contributed by atoms with Gasteiger partial charge in [-0.25, -0.2) is 0 Å². The van der Waals surface area contributed by atoms with Gasteiger partial charge in [-0.3, -0.25) is 4.98 Å². The predicted molar refractivity (Wildman–Crippen MR) is 85.5 cm³/mol. The number of nitrogens with one attached hydrogen (secondary N) is 1. The molecule has 2 rings (SSSR count). The minimum Gasteiger partial charge on any atom is -0.382 e. The maximum Gasteiger partial charge on any atom is 0.0700 e. The highest BCUT2D eigenvalue weighted by atomic mass is 16.5. The van der Waals surface area contributed by atoms with Crippen molar-refractivity contribution in [2.75, 3.05) is 33.5 Å². The first kappa shape index (κ1) is 15.9. The van der Waals surface area contributed by atoms with E-state index in [1.165, 1.54) is 16.3 Å². The van der Waals surface area contributed by atoms with Gasteiger partial charge >= 0.3 is 0 Å². The van der Waals surface area contributed by atoms with Crippen molar-refractivity contribution in [1.29, 1.82) is 0 Å². The minimum absolute atomic E-state index is 0.260. The van der Waals surface area contributed by atoms with Crippen LogP contribution in [0.25, 0.3) is 10.8 Å². The van der Waals surface area contributed by atoms with Crippen LogP contribution in [0.2, 0.25) is 0 Å². The standard InChI is InChI=1S/C17H24N2O2/c1-3-19-17(8-9-21-11-10-20-2)16-13-18-12-14-6-4-5-7-15(14)16/h4-7,12-13,17,19H,3,8-11H2,1-2H3. The first-order valence-electron chi connectivity index (χ1n) is 7.49. The zero-order valence-electron chi connectivity index (χ0n) is 12.8. The third kappa shape index (κ3) is 4.49. The fourth-order valence-corrected chi connectivity index (χ4v) is 2.48. The Balaban J connectivity index is 2.08. The van der Waals surface area contributed by atoms with Gasteiger partial charge in [0, 0.05) is 37.5 Å². The molecule has 0 fully saturated rings. The summed E-state index contributed by atoms with van der Waals surface area (Å²) < 4.78 is 10.6. The summed E-state index contributed by atoms with van der Waals surface area (Å²) in [5, 5.41) is 5.97. The molecule has 0 saturated heterocycles. The second-order valence-electron chi connectivity index (χ2n) is 4.95. The molecular formula is C17H24N2O2. The van der Waals surface area contributed by atoms with Crippen molar-refractivity contribution in [1.82, 2.24) is 10.3 Å². The molecule has 0 radical (unpaired) electrons. The molecule has 0 amide bonds. The highest BCUT2D eigenvalue weighted by Gasteiger charge is 2.13. The van der Waals surface area contributed by atoms with E-state index in [1.807, 2.05) is 18.5 Å². The Morgan fingerprint density at radius 3 is 2.81 bits per heavy atom. The van der Waals surface area contributed by atoms with Crippen molar-refractivity contribution in [3.63, 3.8) is 0 Å². The first-order valence-corrected chi connectivity index (χ1v) is 7.49. The molecule has 1 atom stereocenters. The SMILES string of the molecule is CCNC(CCOCCOC)c1cncc2ccccc12. The molecule has 0 saturated carbocycles. The lowest BCUT2D eigenvalue weighted by molar-refractivity contribution is 0.0659. The van der Waals surface area contributed by atoms with Gasteiger partial charge in [0.2, 0.25) is 0 Å². The summed E-state index contributed by atoms with van der Waals surface area (Å²) in [7, 11) is 1.69. The number of hydrogen-bond acceptors (Lipinski definition) is 4. The van der Waals surface area contributed by atoms with Crippen molar-refractivity contribution in [2.24, 2.45) is 0 Å². The maximum absolute atomic E-state index is 5.60. The molecule has 114 valence electrons. The summed E-state index contributed by atoms with van der Waals surface area (Å²) in [6.07, 6.45) is 4.80. The van der Waals surface area contributed by atoms with E-state index in [0.717, 1.165) is 13.0 Å². The smallest absolute Gasteiger partial charge is 0.0700 e. The van der Waals surface area contributed by atoms with Gasteiger partial charge in [-0.15, -0.1) is 0 Å². The van der Waals surface area contributed by atoms with Crippen LogP contribution in [0.15, 0.2) is 36.7 Å². The number of benzene rings is 1. The summed E-state index contributed by atoms with van der Waals surface area (Å²) in [5.74, 6) is 0. The third-order valence-corrected chi connectivity index (χ3v) is 3.51. The number of nitrogens with zero attached hydrogens (tertiary/aromatic N) is 1. The van der Waals surface area contributed by atoms with E-state index in [1.54, 1.807) is 7.11 Å². The van der Waals surface area contributed by atoms with E-state index in [2.05, 4.69) is 35.4 Å². The largest absolute Gasteiger partial charge is 0.382 e. The number of methoxy groups -OCH3 is 1. The number of rotatable bonds is 9. The van der Waals surface area contributed by atoms with E-state index in [4.69, 9.17) is 9.47 Å². The van der Waals surface area contributed by atoms with E-state index >= 15 is 0 Å². The fourth-order valence-electron chi connectivity index (χ4n) is 2.48. The second-order valence-corrected chi connectivity index (χ2v) is 4.95. The molecule has 0 aliphatic heterocycles. The minimum atomic E-state index is 0.260. The zero-order chi connectivity index (χ0) is 14.9. The molecule has 0 spiro atoms. The summed E-state index contributed by atoms with van der Waals surface area (Å²) in [6.45, 7) is 5.04. The average molecular weight is 288 g/mol. The highest BCUT2D eigenvalue weighted by Crippen LogP contribution is 2.25. The number of fused-ring (bicyclic) bond motifs is 1. The Hall–Kier alpha value is -1.49. The zero-order valence-corrected chi connectivity index (χ0v) is 12.8. The van der Waals surface area contributed by atoms with Crippen LogP contribution in [0, 0.1) is 0 Å². The monoisotopic (exact) mass is 288 g/mol. The molecule has 0 bridgehead atoms. The summed E-state index contributed by atoms with van der Waals surface area (Å²) >= 11 is 0. The number of hydrogen-bond donors (Lipinski definition) is 1. The van der Waals surface area contributed by atoms with Gasteiger partial charge in [0.05, 0.1) is 13.2 Å². The Morgan fingerprint density at radius 2 is 2.00 bits per heavy atom. The van der Waals surface area contributed by atoms with Crippen LogP contribution in [-0.4, -0.2) is 38.5 Å². The molecular weight excluding hydrogens is 264 g/mol. The lowest BCUT2D eigenvalue weighted by atomic mass is 9.99. The second kappa shape index (κ2) is 8.72. The predicted octanol–water partition coefficient (Wildman–Crippen LogP) is 2.94. The van der Waals surface area contributed by atoms with Gasteiger partial charge in [0.1, 0.15) is 0 Å². The average Bonchev–Trinajstić information content (AvgIpc) is 2.53. The van der Waals surface area contributed by atoms with E-state index in [-0.39, 0.29) is 6.04 Å². The van der Waals surface area contributed by atoms with Crippen molar-refractivity contribution in [3.8, 4) is 0 Å². The van der Waals surface area contributed by atoms with Crippen LogP contribution in [0.5, 0.6) is 0 Å². The van der Waals surface area contributed by atoms with Gasteiger partial charge in [-0.05, 0) is 23.9 Å². The van der Waals surface area contributed by atoms with Gasteiger partial charge in [-0.2, -0.15) is 0 Å². The van der Waals surface area contributed by atoms with Crippen LogP contribution >= 0.6 is 0 Å². The summed E-state index contributed by atoms with van der Waals surface area (Å²) in [4.78, 5) is 4.37. The van der Waals surface area contributed by atoms with E-state index in [9.17, 15) is 0 Å². The molecule has 4 nitrogen and oxygen atoms in total. The van der Waals surface area contributed by atoms with E-state index in [0.29, 0.717) is 19.8 Å². The fraction of sp³-hybridized carbons (Fsp3) is 0.471. The lowest BCUT2D eigenvalue weighted by Gasteiger charge is -2.20. The van der Waals surface area contributed by atoms with Crippen molar-refractivity contribution in [3.05, 3.63) is 42.2 Å². The van der Waals surface area contributed by atoms with Crippen molar-refractivity contribution >= 4 is 10.8 Å². The Bertz CT molecular complexity index is 540. The van der Waals surface area contributed by atoms with Crippen LogP contribution in [-0.2, 0) is 9.47 Å². The third-order valence-electron chi connectivity index (χ3n) is 3.51. The van der Waals surface area contributed by atoms with Crippen LogP contribution < -0.4 is 5.32 Å². The molecule has 0 aliphatic rings. The maximum atomic E-state index is 5.60. The van der Waals surface area contributed by atoms with Crippen LogP contribution in [0.1, 0.15) is 24.9 Å². The number of pyridine rings is 1. The van der Waals surface area contributed by atoms with Gasteiger partial charge in [-0.1, -0.05) is 31.2 Å². The van der Waals surface area contributed by atoms with Crippen LogP contribution in [0.4, 0.5) is 0 Å². The van der Waals surface area contributed by atoms with Gasteiger partial charge in [0.25, 0.3) is 0 Å². The molecule has 1 aromatic heterocycles. The van der Waals surface area contributed by atoms with Crippen molar-refractivity contribution in [2.45, 2.75) is 19.4 Å². The molecule has 2 aromatic rings. The first-order chi connectivity index (χ1) is 10.4. The summed E-state index contributed by atoms with van der Waals surface area (Å²) in [5.41, 5.74) is 1.24. The topological polar surface area (TPSA) is 43.4 Å². The van der Waals surface area contributed by atoms with Gasteiger partial charge in [0.15, 0.2) is 0 Å². The molecule has 1 heterocycles. The highest BCUT2D eigenvalue weighted by molar-refractivity contribution is 5.85. The number of ether oxygens (including phenoxy) is 2. The Labute approximate surface area is 126 Å². The molecule has 1 aromatic carbocycles. The molecule has 4 heteroatoms. The van der Waals surface area contributed by atoms with E-state index < -0.39 is 0 Å². The normalized spacial score (nSPS) is 12.7. The molecule has 1 N–H and O–H groups in total. The van der Waals surface area contributed by atoms with Gasteiger partial charge < -0.3 is 14.8 Å². The molecule has 21 heavy (non-hydrogen) atoms. The Morgan fingerprint density at radius 1 is 1.14 bits per heavy atom.